The molecule has 9 nitrogen and oxygen atoms in total. The molecule has 0 aliphatic carbocycles. The highest BCUT2D eigenvalue weighted by atomic mass is 16.6. The number of ether oxygens (including phenoxy) is 1. The normalized spacial score (nSPS) is 10.3. The topological polar surface area (TPSA) is 123 Å². The Hall–Kier alpha value is -3.75. The quantitative estimate of drug-likeness (QED) is 0.442. The summed E-state index contributed by atoms with van der Waals surface area (Å²) in [5.41, 5.74) is 2.61. The lowest BCUT2D eigenvalue weighted by Crippen LogP contribution is -2.35. The highest BCUT2D eigenvalue weighted by Gasteiger charge is 2.13. The van der Waals surface area contributed by atoms with Gasteiger partial charge in [-0.25, -0.2) is 5.43 Å². The van der Waals surface area contributed by atoms with Crippen molar-refractivity contribution in [2.24, 2.45) is 5.10 Å². The minimum absolute atomic E-state index is 0.130. The summed E-state index contributed by atoms with van der Waals surface area (Å²) < 4.78 is 5.08. The first-order valence-electron chi connectivity index (χ1n) is 7.49. The van der Waals surface area contributed by atoms with Crippen LogP contribution in [-0.4, -0.2) is 36.6 Å². The molecule has 0 bridgehead atoms. The Bertz CT molecular complexity index is 851. The van der Waals surface area contributed by atoms with Crippen molar-refractivity contribution in [3.8, 4) is 5.75 Å². The van der Waals surface area contributed by atoms with Crippen LogP contribution in [-0.2, 0) is 4.79 Å². The van der Waals surface area contributed by atoms with Gasteiger partial charge in [-0.3, -0.25) is 19.7 Å². The number of amides is 2. The predicted octanol–water partition coefficient (Wildman–Crippen LogP) is 1.48. The molecular weight excluding hydrogens is 340 g/mol. The highest BCUT2D eigenvalue weighted by Crippen LogP contribution is 2.16. The Morgan fingerprint density at radius 3 is 2.62 bits per heavy atom. The standard InChI is InChI=1S/C17H16N4O5/c1-26-15-9-5-3-7-13(15)17(23)18-11-16(22)20-19-10-12-6-2-4-8-14(12)21(24)25/h2-10H,11H2,1H3,(H,18,23)(H,20,22)/b19-10-. The van der Waals surface area contributed by atoms with Crippen LogP contribution >= 0.6 is 0 Å². The molecular formula is C17H16N4O5. The van der Waals surface area contributed by atoms with E-state index in [1.807, 2.05) is 0 Å². The van der Waals surface area contributed by atoms with Crippen molar-refractivity contribution < 1.29 is 19.2 Å². The number of methoxy groups -OCH3 is 1. The second-order valence-corrected chi connectivity index (χ2v) is 4.99. The lowest BCUT2D eigenvalue weighted by atomic mass is 10.2. The summed E-state index contributed by atoms with van der Waals surface area (Å²) in [7, 11) is 1.44. The second kappa shape index (κ2) is 8.92. The summed E-state index contributed by atoms with van der Waals surface area (Å²) in [5, 5.41) is 17.0. The average Bonchev–Trinajstić information content (AvgIpc) is 2.66. The molecule has 0 radical (unpaired) electrons. The van der Waals surface area contributed by atoms with E-state index in [1.165, 1.54) is 25.3 Å². The van der Waals surface area contributed by atoms with Crippen LogP contribution in [0.3, 0.4) is 0 Å². The Morgan fingerprint density at radius 1 is 1.19 bits per heavy atom. The largest absolute Gasteiger partial charge is 0.496 e. The molecule has 9 heteroatoms. The molecule has 0 aliphatic heterocycles. The molecule has 2 aromatic rings. The minimum atomic E-state index is -0.580. The number of hydrogen-bond acceptors (Lipinski definition) is 6. The van der Waals surface area contributed by atoms with Crippen LogP contribution in [0.5, 0.6) is 5.75 Å². The third kappa shape index (κ3) is 4.87. The molecule has 0 heterocycles. The predicted molar refractivity (Wildman–Crippen MR) is 94.2 cm³/mol. The molecule has 0 saturated heterocycles. The zero-order valence-corrected chi connectivity index (χ0v) is 13.8. The summed E-state index contributed by atoms with van der Waals surface area (Å²) in [6.07, 6.45) is 1.16. The van der Waals surface area contributed by atoms with Crippen molar-refractivity contribution in [3.63, 3.8) is 0 Å². The average molecular weight is 356 g/mol. The van der Waals surface area contributed by atoms with E-state index in [0.717, 1.165) is 6.21 Å². The number of hydrogen-bond donors (Lipinski definition) is 2. The number of benzene rings is 2. The van der Waals surface area contributed by atoms with Gasteiger partial charge in [0.1, 0.15) is 5.75 Å². The molecule has 2 rings (SSSR count). The number of carbonyl (C=O) groups is 2. The summed E-state index contributed by atoms with van der Waals surface area (Å²) in [6, 6.07) is 12.6. The minimum Gasteiger partial charge on any atom is -0.496 e. The van der Waals surface area contributed by atoms with Crippen molar-refractivity contribution in [3.05, 3.63) is 69.8 Å². The van der Waals surface area contributed by atoms with Crippen LogP contribution in [0.2, 0.25) is 0 Å². The van der Waals surface area contributed by atoms with E-state index in [4.69, 9.17) is 4.74 Å². The first-order valence-corrected chi connectivity index (χ1v) is 7.49. The number of nitrogens with one attached hydrogen (secondary N) is 2. The molecule has 0 fully saturated rings. The van der Waals surface area contributed by atoms with Crippen molar-refractivity contribution >= 4 is 23.7 Å². The summed E-state index contributed by atoms with van der Waals surface area (Å²) >= 11 is 0. The maximum absolute atomic E-state index is 12.1. The van der Waals surface area contributed by atoms with Gasteiger partial charge >= 0.3 is 0 Å². The lowest BCUT2D eigenvalue weighted by Gasteiger charge is -2.08. The van der Waals surface area contributed by atoms with Gasteiger partial charge in [0.2, 0.25) is 0 Å². The molecule has 0 aromatic heterocycles. The van der Waals surface area contributed by atoms with E-state index in [-0.39, 0.29) is 17.8 Å². The Labute approximate surface area is 148 Å². The van der Waals surface area contributed by atoms with E-state index in [2.05, 4.69) is 15.8 Å². The Kier molecular flexibility index (Phi) is 6.38. The lowest BCUT2D eigenvalue weighted by molar-refractivity contribution is -0.385. The molecule has 2 amide bonds. The van der Waals surface area contributed by atoms with E-state index in [9.17, 15) is 19.7 Å². The molecule has 0 aliphatic rings. The van der Waals surface area contributed by atoms with Crippen LogP contribution in [0.15, 0.2) is 53.6 Å². The molecule has 0 spiro atoms. The van der Waals surface area contributed by atoms with Crippen LogP contribution in [0.25, 0.3) is 0 Å². The maximum atomic E-state index is 12.1. The Balaban J connectivity index is 1.90. The zero-order chi connectivity index (χ0) is 18.9. The van der Waals surface area contributed by atoms with Gasteiger partial charge in [-0.2, -0.15) is 5.10 Å². The van der Waals surface area contributed by atoms with Crippen LogP contribution in [0.1, 0.15) is 15.9 Å². The first kappa shape index (κ1) is 18.6. The maximum Gasteiger partial charge on any atom is 0.278 e. The van der Waals surface area contributed by atoms with E-state index < -0.39 is 16.7 Å². The molecule has 0 unspecified atom stereocenters. The molecule has 0 saturated carbocycles. The number of nitro groups is 1. The highest BCUT2D eigenvalue weighted by molar-refractivity contribution is 5.98. The third-order valence-electron chi connectivity index (χ3n) is 3.29. The third-order valence-corrected chi connectivity index (χ3v) is 3.29. The van der Waals surface area contributed by atoms with Gasteiger partial charge in [0, 0.05) is 6.07 Å². The van der Waals surface area contributed by atoms with Crippen molar-refractivity contribution in [2.75, 3.05) is 13.7 Å². The smallest absolute Gasteiger partial charge is 0.278 e. The Morgan fingerprint density at radius 2 is 1.88 bits per heavy atom. The van der Waals surface area contributed by atoms with Gasteiger partial charge in [-0.15, -0.1) is 0 Å². The van der Waals surface area contributed by atoms with Gasteiger partial charge < -0.3 is 10.1 Å². The number of nitro benzene ring substituents is 1. The molecule has 0 atom stereocenters. The zero-order valence-electron chi connectivity index (χ0n) is 13.8. The molecule has 2 N–H and O–H groups in total. The summed E-state index contributed by atoms with van der Waals surface area (Å²) in [5.74, 6) is -0.664. The van der Waals surface area contributed by atoms with Gasteiger partial charge in [0.25, 0.3) is 17.5 Å². The monoisotopic (exact) mass is 356 g/mol. The van der Waals surface area contributed by atoms with Gasteiger partial charge in [-0.1, -0.05) is 24.3 Å². The fourth-order valence-corrected chi connectivity index (χ4v) is 2.06. The van der Waals surface area contributed by atoms with E-state index in [1.54, 1.807) is 30.3 Å². The van der Waals surface area contributed by atoms with E-state index >= 15 is 0 Å². The van der Waals surface area contributed by atoms with Crippen LogP contribution in [0, 0.1) is 10.1 Å². The summed E-state index contributed by atoms with van der Waals surface area (Å²) in [6.45, 7) is -0.314. The van der Waals surface area contributed by atoms with Crippen LogP contribution < -0.4 is 15.5 Å². The fraction of sp³-hybridized carbons (Fsp3) is 0.118. The van der Waals surface area contributed by atoms with Crippen molar-refractivity contribution in [2.45, 2.75) is 0 Å². The number of para-hydroxylation sites is 2. The van der Waals surface area contributed by atoms with E-state index in [0.29, 0.717) is 11.3 Å². The first-order chi connectivity index (χ1) is 12.5. The molecule has 134 valence electrons. The SMILES string of the molecule is COc1ccccc1C(=O)NCC(=O)N/N=C\c1ccccc1[N+](=O)[O-]. The molecule has 26 heavy (non-hydrogen) atoms. The summed E-state index contributed by atoms with van der Waals surface area (Å²) in [4.78, 5) is 34.1. The van der Waals surface area contributed by atoms with Crippen LogP contribution in [0.4, 0.5) is 5.69 Å². The number of hydrazone groups is 1. The van der Waals surface area contributed by atoms with Gasteiger partial charge in [0.05, 0.1) is 35.9 Å². The second-order valence-electron chi connectivity index (χ2n) is 4.99. The molecule has 2 aromatic carbocycles. The van der Waals surface area contributed by atoms with Crippen molar-refractivity contribution in [1.82, 2.24) is 10.7 Å². The number of carbonyl (C=O) groups excluding carboxylic acids is 2. The van der Waals surface area contributed by atoms with Crippen molar-refractivity contribution in [1.29, 1.82) is 0 Å². The number of rotatable bonds is 7. The van der Waals surface area contributed by atoms with Gasteiger partial charge in [-0.05, 0) is 18.2 Å². The number of nitrogens with zero attached hydrogens (tertiary/aromatic N) is 2. The fourth-order valence-electron chi connectivity index (χ4n) is 2.06. The van der Waals surface area contributed by atoms with Gasteiger partial charge in [0.15, 0.2) is 0 Å².